The van der Waals surface area contributed by atoms with Crippen LogP contribution in [0.5, 0.6) is 0 Å². The number of aromatic amines is 1. The van der Waals surface area contributed by atoms with Crippen LogP contribution in [0.3, 0.4) is 0 Å². The minimum absolute atomic E-state index is 0.0642. The van der Waals surface area contributed by atoms with Crippen molar-refractivity contribution in [3.8, 4) is 0 Å². The predicted molar refractivity (Wildman–Crippen MR) is 93.0 cm³/mol. The lowest BCUT2D eigenvalue weighted by Gasteiger charge is -2.35. The molecule has 3 rings (SSSR count). The maximum absolute atomic E-state index is 12.8. The maximum atomic E-state index is 12.8. The molecular formula is C19H24N2O3. The molecule has 2 heterocycles. The highest BCUT2D eigenvalue weighted by Crippen LogP contribution is 2.25. The molecule has 0 unspecified atom stereocenters. The van der Waals surface area contributed by atoms with Crippen LogP contribution in [-0.4, -0.2) is 39.5 Å². The monoisotopic (exact) mass is 328 g/mol. The number of fused-ring (bicyclic) bond motifs is 1. The summed E-state index contributed by atoms with van der Waals surface area (Å²) in [6.07, 6.45) is 5.95. The molecular weight excluding hydrogens is 304 g/mol. The van der Waals surface area contributed by atoms with Crippen LogP contribution in [0.25, 0.3) is 10.9 Å². The quantitative estimate of drug-likeness (QED) is 0.885. The van der Waals surface area contributed by atoms with Crippen molar-refractivity contribution in [2.45, 2.75) is 51.5 Å². The lowest BCUT2D eigenvalue weighted by Crippen LogP contribution is -2.44. The largest absolute Gasteiger partial charge is 0.481 e. The zero-order valence-corrected chi connectivity index (χ0v) is 14.0. The van der Waals surface area contributed by atoms with Gasteiger partial charge < -0.3 is 15.0 Å². The van der Waals surface area contributed by atoms with Gasteiger partial charge in [-0.1, -0.05) is 18.2 Å². The fourth-order valence-corrected chi connectivity index (χ4v) is 3.69. The highest BCUT2D eigenvalue weighted by Gasteiger charge is 2.27. The number of piperidine rings is 1. The number of hydrogen-bond donors (Lipinski definition) is 2. The Morgan fingerprint density at radius 1 is 1.33 bits per heavy atom. The van der Waals surface area contributed by atoms with Gasteiger partial charge in [0.2, 0.25) is 5.91 Å². The molecule has 0 spiro atoms. The normalized spacial score (nSPS) is 18.0. The van der Waals surface area contributed by atoms with Gasteiger partial charge in [-0.15, -0.1) is 0 Å². The molecule has 1 aliphatic heterocycles. The molecule has 2 aromatic rings. The number of amides is 1. The van der Waals surface area contributed by atoms with Crippen LogP contribution in [0.2, 0.25) is 0 Å². The van der Waals surface area contributed by atoms with Crippen molar-refractivity contribution < 1.29 is 14.7 Å². The molecule has 128 valence electrons. The van der Waals surface area contributed by atoms with Crippen LogP contribution in [-0.2, 0) is 16.0 Å². The third-order valence-corrected chi connectivity index (χ3v) is 4.99. The number of rotatable bonds is 5. The first-order valence-corrected chi connectivity index (χ1v) is 8.63. The number of hydrogen-bond acceptors (Lipinski definition) is 2. The maximum Gasteiger partial charge on any atom is 0.303 e. The van der Waals surface area contributed by atoms with E-state index in [0.29, 0.717) is 12.8 Å². The summed E-state index contributed by atoms with van der Waals surface area (Å²) in [5, 5.41) is 10.0. The third-order valence-electron chi connectivity index (χ3n) is 4.99. The Morgan fingerprint density at radius 2 is 2.17 bits per heavy atom. The summed E-state index contributed by atoms with van der Waals surface area (Å²) in [6.45, 7) is 2.79. The van der Waals surface area contributed by atoms with E-state index in [-0.39, 0.29) is 18.4 Å². The molecule has 0 aliphatic carbocycles. The summed E-state index contributed by atoms with van der Waals surface area (Å²) < 4.78 is 0. The Kier molecular flexibility index (Phi) is 4.88. The van der Waals surface area contributed by atoms with Crippen LogP contribution in [0.4, 0.5) is 0 Å². The van der Waals surface area contributed by atoms with Crippen molar-refractivity contribution >= 4 is 22.8 Å². The molecule has 2 N–H and O–H groups in total. The van der Waals surface area contributed by atoms with Crippen LogP contribution in [0, 0.1) is 6.92 Å². The number of aliphatic carboxylic acids is 1. The topological polar surface area (TPSA) is 73.4 Å². The Labute approximate surface area is 141 Å². The van der Waals surface area contributed by atoms with E-state index in [1.54, 1.807) is 0 Å². The van der Waals surface area contributed by atoms with Crippen LogP contribution in [0.15, 0.2) is 24.4 Å². The number of carboxylic acids is 1. The van der Waals surface area contributed by atoms with E-state index < -0.39 is 5.97 Å². The Hall–Kier alpha value is -2.30. The number of nitrogens with one attached hydrogen (secondary N) is 1. The molecule has 0 saturated carbocycles. The van der Waals surface area contributed by atoms with Crippen LogP contribution in [0.1, 0.15) is 43.2 Å². The van der Waals surface area contributed by atoms with Gasteiger partial charge in [-0.2, -0.15) is 0 Å². The summed E-state index contributed by atoms with van der Waals surface area (Å²) in [6, 6.07) is 6.17. The van der Waals surface area contributed by atoms with Gasteiger partial charge in [0, 0.05) is 36.1 Å². The number of carbonyl (C=O) groups excluding carboxylic acids is 1. The number of H-pyrrole nitrogens is 1. The van der Waals surface area contributed by atoms with Gasteiger partial charge in [-0.3, -0.25) is 9.59 Å². The summed E-state index contributed by atoms with van der Waals surface area (Å²) in [4.78, 5) is 28.8. The van der Waals surface area contributed by atoms with E-state index in [1.807, 2.05) is 23.2 Å². The van der Waals surface area contributed by atoms with Crippen molar-refractivity contribution in [3.05, 3.63) is 35.5 Å². The first-order valence-electron chi connectivity index (χ1n) is 8.63. The number of aryl methyl sites for hydroxylation is 1. The molecule has 0 bridgehead atoms. The molecule has 1 atom stereocenters. The van der Waals surface area contributed by atoms with Gasteiger partial charge in [0.15, 0.2) is 0 Å². The number of carbonyl (C=O) groups is 2. The molecule has 1 saturated heterocycles. The van der Waals surface area contributed by atoms with Crippen molar-refractivity contribution in [3.63, 3.8) is 0 Å². The molecule has 5 heteroatoms. The molecule has 24 heavy (non-hydrogen) atoms. The zero-order chi connectivity index (χ0) is 17.1. The lowest BCUT2D eigenvalue weighted by atomic mass is 9.97. The van der Waals surface area contributed by atoms with Gasteiger partial charge in [0.1, 0.15) is 0 Å². The number of para-hydroxylation sites is 1. The summed E-state index contributed by atoms with van der Waals surface area (Å²) in [5.41, 5.74) is 3.27. The van der Waals surface area contributed by atoms with E-state index in [9.17, 15) is 9.59 Å². The number of aromatic nitrogens is 1. The standard InChI is InChI=1S/C19H24N2O3/c1-13-5-4-7-16-14(12-20-19(13)16)11-17(22)21-10-3-2-6-15(21)8-9-18(23)24/h4-5,7,12,15,20H,2-3,6,8-11H2,1H3,(H,23,24)/t15-/m0/s1. The van der Waals surface area contributed by atoms with Crippen molar-refractivity contribution in [2.75, 3.05) is 6.54 Å². The Balaban J connectivity index is 1.74. The molecule has 1 fully saturated rings. The average molecular weight is 328 g/mol. The van der Waals surface area contributed by atoms with Gasteiger partial charge in [-0.05, 0) is 43.7 Å². The van der Waals surface area contributed by atoms with Crippen molar-refractivity contribution in [2.24, 2.45) is 0 Å². The fourth-order valence-electron chi connectivity index (χ4n) is 3.69. The van der Waals surface area contributed by atoms with Crippen LogP contribution >= 0.6 is 0 Å². The number of nitrogens with zero attached hydrogens (tertiary/aromatic N) is 1. The predicted octanol–water partition coefficient (Wildman–Crippen LogP) is 3.26. The van der Waals surface area contributed by atoms with E-state index >= 15 is 0 Å². The zero-order valence-electron chi connectivity index (χ0n) is 14.0. The molecule has 1 aromatic carbocycles. The molecule has 1 amide bonds. The average Bonchev–Trinajstić information content (AvgIpc) is 2.97. The molecule has 1 aromatic heterocycles. The number of carboxylic acid groups (broad SMARTS) is 1. The second-order valence-electron chi connectivity index (χ2n) is 6.66. The lowest BCUT2D eigenvalue weighted by molar-refractivity contribution is -0.139. The smallest absolute Gasteiger partial charge is 0.303 e. The minimum Gasteiger partial charge on any atom is -0.481 e. The second kappa shape index (κ2) is 7.07. The first-order chi connectivity index (χ1) is 11.6. The summed E-state index contributed by atoms with van der Waals surface area (Å²) in [7, 11) is 0. The van der Waals surface area contributed by atoms with Gasteiger partial charge in [0.05, 0.1) is 6.42 Å². The minimum atomic E-state index is -0.792. The SMILES string of the molecule is Cc1cccc2c(CC(=O)N3CCCC[C@H]3CCC(=O)O)c[nH]c12. The second-order valence-corrected chi connectivity index (χ2v) is 6.66. The summed E-state index contributed by atoms with van der Waals surface area (Å²) >= 11 is 0. The van der Waals surface area contributed by atoms with Gasteiger partial charge in [0.25, 0.3) is 0 Å². The fraction of sp³-hybridized carbons (Fsp3) is 0.474. The molecule has 0 radical (unpaired) electrons. The highest BCUT2D eigenvalue weighted by molar-refractivity contribution is 5.90. The van der Waals surface area contributed by atoms with E-state index in [2.05, 4.69) is 18.0 Å². The molecule has 5 nitrogen and oxygen atoms in total. The number of likely N-dealkylation sites (tertiary alicyclic amines) is 1. The van der Waals surface area contributed by atoms with E-state index in [0.717, 1.165) is 42.3 Å². The Morgan fingerprint density at radius 3 is 2.96 bits per heavy atom. The number of benzene rings is 1. The summed E-state index contributed by atoms with van der Waals surface area (Å²) in [5.74, 6) is -0.687. The Bertz CT molecular complexity index is 750. The van der Waals surface area contributed by atoms with E-state index in [4.69, 9.17) is 5.11 Å². The third kappa shape index (κ3) is 3.45. The van der Waals surface area contributed by atoms with Crippen LogP contribution < -0.4 is 0 Å². The van der Waals surface area contributed by atoms with Crippen molar-refractivity contribution in [1.82, 2.24) is 9.88 Å². The van der Waals surface area contributed by atoms with Gasteiger partial charge >= 0.3 is 5.97 Å². The highest BCUT2D eigenvalue weighted by atomic mass is 16.4. The van der Waals surface area contributed by atoms with Gasteiger partial charge in [-0.25, -0.2) is 0 Å². The molecule has 1 aliphatic rings. The first kappa shape index (κ1) is 16.6. The van der Waals surface area contributed by atoms with Crippen molar-refractivity contribution in [1.29, 1.82) is 0 Å². The van der Waals surface area contributed by atoms with E-state index in [1.165, 1.54) is 5.56 Å².